The zero-order valence-electron chi connectivity index (χ0n) is 13.0. The Kier molecular flexibility index (Phi) is 6.21. The highest BCUT2D eigenvalue weighted by atomic mass is 16.4. The second kappa shape index (κ2) is 8.59. The van der Waals surface area contributed by atoms with Crippen LogP contribution in [0.1, 0.15) is 17.5 Å². The molecule has 1 heterocycles. The summed E-state index contributed by atoms with van der Waals surface area (Å²) in [5, 5.41) is 14.9. The average Bonchev–Trinajstić information content (AvgIpc) is 2.58. The van der Waals surface area contributed by atoms with Gasteiger partial charge >= 0.3 is 5.97 Å². The van der Waals surface area contributed by atoms with E-state index in [2.05, 4.69) is 20.6 Å². The second-order valence-electron chi connectivity index (χ2n) is 5.20. The molecule has 0 spiro atoms. The number of rotatable bonds is 9. The number of nitrogens with two attached hydrogens (primary N) is 1. The second-order valence-corrected chi connectivity index (χ2v) is 5.20. The Labute approximate surface area is 139 Å². The van der Waals surface area contributed by atoms with Gasteiger partial charge in [0.1, 0.15) is 6.04 Å². The van der Waals surface area contributed by atoms with Gasteiger partial charge in [-0.1, -0.05) is 30.3 Å². The van der Waals surface area contributed by atoms with Crippen LogP contribution in [-0.2, 0) is 22.7 Å². The summed E-state index contributed by atoms with van der Waals surface area (Å²) >= 11 is 0. The third kappa shape index (κ3) is 5.65. The molecule has 2 rings (SSSR count). The molecule has 24 heavy (non-hydrogen) atoms. The van der Waals surface area contributed by atoms with Gasteiger partial charge in [0.15, 0.2) is 0 Å². The number of carbonyl (C=O) groups is 2. The highest BCUT2D eigenvalue weighted by Gasteiger charge is 2.19. The number of carboxylic acids is 1. The van der Waals surface area contributed by atoms with E-state index in [1.54, 1.807) is 12.4 Å². The maximum absolute atomic E-state index is 11.0. The summed E-state index contributed by atoms with van der Waals surface area (Å²) in [5.74, 6) is -1.32. The van der Waals surface area contributed by atoms with Crippen molar-refractivity contribution in [1.82, 2.24) is 15.3 Å². The summed E-state index contributed by atoms with van der Waals surface area (Å²) < 4.78 is 0. The van der Waals surface area contributed by atoms with E-state index < -0.39 is 17.9 Å². The first kappa shape index (κ1) is 17.4. The summed E-state index contributed by atoms with van der Waals surface area (Å²) in [7, 11) is 0. The van der Waals surface area contributed by atoms with Crippen molar-refractivity contribution in [3.63, 3.8) is 0 Å². The zero-order valence-corrected chi connectivity index (χ0v) is 13.0. The number of aromatic nitrogens is 2. The van der Waals surface area contributed by atoms with Gasteiger partial charge in [0.2, 0.25) is 11.9 Å². The van der Waals surface area contributed by atoms with E-state index in [0.717, 1.165) is 5.56 Å². The molecule has 5 N–H and O–H groups in total. The monoisotopic (exact) mass is 329 g/mol. The van der Waals surface area contributed by atoms with Gasteiger partial charge in [0.25, 0.3) is 0 Å². The highest BCUT2D eigenvalue weighted by Crippen LogP contribution is 2.05. The number of aliphatic carboxylic acids is 1. The predicted molar refractivity (Wildman–Crippen MR) is 87.9 cm³/mol. The first-order chi connectivity index (χ1) is 11.5. The van der Waals surface area contributed by atoms with Crippen LogP contribution in [0.5, 0.6) is 0 Å². The lowest BCUT2D eigenvalue weighted by Gasteiger charge is -2.12. The Bertz CT molecular complexity index is 676. The fraction of sp³-hybridized carbons (Fsp3) is 0.250. The smallest absolute Gasteiger partial charge is 0.321 e. The van der Waals surface area contributed by atoms with Gasteiger partial charge in [0.05, 0.1) is 6.42 Å². The molecule has 0 saturated heterocycles. The lowest BCUT2D eigenvalue weighted by molar-refractivity contribution is -0.141. The van der Waals surface area contributed by atoms with E-state index in [0.29, 0.717) is 18.1 Å². The molecule has 2 aromatic rings. The van der Waals surface area contributed by atoms with Crippen LogP contribution in [0.2, 0.25) is 0 Å². The number of carbonyl (C=O) groups excluding carboxylic acids is 1. The van der Waals surface area contributed by atoms with E-state index in [-0.39, 0.29) is 13.0 Å². The van der Waals surface area contributed by atoms with Crippen molar-refractivity contribution in [3.05, 3.63) is 53.9 Å². The Hall–Kier alpha value is -3.00. The molecule has 0 bridgehead atoms. The molecule has 1 aromatic carbocycles. The quantitative estimate of drug-likeness (QED) is 0.527. The Balaban J connectivity index is 1.85. The summed E-state index contributed by atoms with van der Waals surface area (Å²) in [5.41, 5.74) is 6.84. The van der Waals surface area contributed by atoms with Crippen LogP contribution < -0.4 is 16.4 Å². The number of nitrogens with zero attached hydrogens (tertiary/aromatic N) is 2. The summed E-state index contributed by atoms with van der Waals surface area (Å²) in [6.45, 7) is 0.835. The standard InChI is InChI=1S/C16H19N5O3/c17-14(22)6-13(15(23)24)18-8-12-9-20-16(21-10-12)19-7-11-4-2-1-3-5-11/h1-5,9-10,13,18H,6-8H2,(H2,17,22)(H,23,24)(H,19,20,21). The summed E-state index contributed by atoms with van der Waals surface area (Å²) in [6.07, 6.45) is 2.92. The largest absolute Gasteiger partial charge is 0.480 e. The van der Waals surface area contributed by atoms with Gasteiger partial charge < -0.3 is 16.2 Å². The molecule has 0 aliphatic rings. The van der Waals surface area contributed by atoms with Crippen molar-refractivity contribution in [1.29, 1.82) is 0 Å². The first-order valence-corrected chi connectivity index (χ1v) is 7.38. The minimum Gasteiger partial charge on any atom is -0.480 e. The fourth-order valence-corrected chi connectivity index (χ4v) is 2.00. The van der Waals surface area contributed by atoms with Crippen molar-refractivity contribution < 1.29 is 14.7 Å². The molecule has 126 valence electrons. The van der Waals surface area contributed by atoms with Crippen molar-refractivity contribution >= 4 is 17.8 Å². The Morgan fingerprint density at radius 3 is 2.33 bits per heavy atom. The molecule has 0 saturated carbocycles. The third-order valence-corrected chi connectivity index (χ3v) is 3.25. The molecule has 0 aliphatic carbocycles. The summed E-state index contributed by atoms with van der Waals surface area (Å²) in [4.78, 5) is 30.2. The number of hydrogen-bond donors (Lipinski definition) is 4. The molecule has 1 aromatic heterocycles. The first-order valence-electron chi connectivity index (χ1n) is 7.38. The van der Waals surface area contributed by atoms with Gasteiger partial charge in [0, 0.05) is 31.0 Å². The molecular formula is C16H19N5O3. The van der Waals surface area contributed by atoms with Crippen LogP contribution >= 0.6 is 0 Å². The number of hydrogen-bond acceptors (Lipinski definition) is 6. The van der Waals surface area contributed by atoms with Crippen molar-refractivity contribution in [2.45, 2.75) is 25.6 Å². The number of primary amides is 1. The number of anilines is 1. The van der Waals surface area contributed by atoms with Crippen LogP contribution in [0.3, 0.4) is 0 Å². The molecule has 8 nitrogen and oxygen atoms in total. The van der Waals surface area contributed by atoms with Crippen LogP contribution in [-0.4, -0.2) is 33.0 Å². The topological polar surface area (TPSA) is 130 Å². The van der Waals surface area contributed by atoms with E-state index >= 15 is 0 Å². The lowest BCUT2D eigenvalue weighted by Crippen LogP contribution is -2.39. The minimum absolute atomic E-state index is 0.225. The molecule has 8 heteroatoms. The Morgan fingerprint density at radius 2 is 1.75 bits per heavy atom. The SMILES string of the molecule is NC(=O)CC(NCc1cnc(NCc2ccccc2)nc1)C(=O)O. The van der Waals surface area contributed by atoms with Gasteiger partial charge in [-0.3, -0.25) is 14.9 Å². The lowest BCUT2D eigenvalue weighted by atomic mass is 10.2. The predicted octanol–water partition coefficient (Wildman–Crippen LogP) is 0.507. The molecule has 0 fully saturated rings. The van der Waals surface area contributed by atoms with Gasteiger partial charge in [-0.05, 0) is 5.56 Å². The van der Waals surface area contributed by atoms with Crippen LogP contribution in [0, 0.1) is 0 Å². The van der Waals surface area contributed by atoms with Gasteiger partial charge in [-0.2, -0.15) is 0 Å². The number of benzene rings is 1. The van der Waals surface area contributed by atoms with Crippen LogP contribution in [0.25, 0.3) is 0 Å². The minimum atomic E-state index is -1.13. The highest BCUT2D eigenvalue weighted by molar-refractivity contribution is 5.83. The normalized spacial score (nSPS) is 11.7. The van der Waals surface area contributed by atoms with E-state index in [4.69, 9.17) is 10.8 Å². The summed E-state index contributed by atoms with van der Waals surface area (Å²) in [6, 6.07) is 8.82. The van der Waals surface area contributed by atoms with E-state index in [9.17, 15) is 9.59 Å². The van der Waals surface area contributed by atoms with Crippen LogP contribution in [0.15, 0.2) is 42.7 Å². The Morgan fingerprint density at radius 1 is 1.08 bits per heavy atom. The molecular weight excluding hydrogens is 310 g/mol. The fourth-order valence-electron chi connectivity index (χ4n) is 2.00. The maximum Gasteiger partial charge on any atom is 0.321 e. The molecule has 1 amide bonds. The van der Waals surface area contributed by atoms with E-state index in [1.165, 1.54) is 0 Å². The van der Waals surface area contributed by atoms with Crippen molar-refractivity contribution in [2.75, 3.05) is 5.32 Å². The van der Waals surface area contributed by atoms with Gasteiger partial charge in [-0.15, -0.1) is 0 Å². The number of nitrogens with one attached hydrogen (secondary N) is 2. The van der Waals surface area contributed by atoms with Gasteiger partial charge in [-0.25, -0.2) is 9.97 Å². The molecule has 0 aliphatic heterocycles. The number of carboxylic acid groups (broad SMARTS) is 1. The molecule has 0 radical (unpaired) electrons. The van der Waals surface area contributed by atoms with E-state index in [1.807, 2.05) is 30.3 Å². The third-order valence-electron chi connectivity index (χ3n) is 3.25. The van der Waals surface area contributed by atoms with Crippen molar-refractivity contribution in [2.24, 2.45) is 5.73 Å². The average molecular weight is 329 g/mol. The maximum atomic E-state index is 11.0. The van der Waals surface area contributed by atoms with Crippen LogP contribution in [0.4, 0.5) is 5.95 Å². The number of amides is 1. The molecule has 1 unspecified atom stereocenters. The van der Waals surface area contributed by atoms with Crippen molar-refractivity contribution in [3.8, 4) is 0 Å². The molecule has 1 atom stereocenters. The zero-order chi connectivity index (χ0) is 17.4.